The molecule has 2 aromatic carbocycles. The van der Waals surface area contributed by atoms with E-state index in [0.29, 0.717) is 24.4 Å². The fraction of sp³-hybridized carbons (Fsp3) is 0.409. The second-order valence-corrected chi connectivity index (χ2v) is 8.11. The Kier molecular flexibility index (Phi) is 7.84. The molecule has 0 saturated heterocycles. The van der Waals surface area contributed by atoms with E-state index in [2.05, 4.69) is 5.32 Å². The fourth-order valence-electron chi connectivity index (χ4n) is 3.22. The molecule has 0 aliphatic carbocycles. The third kappa shape index (κ3) is 7.71. The van der Waals surface area contributed by atoms with Crippen LogP contribution in [0.1, 0.15) is 18.1 Å². The number of nitrogens with one attached hydrogen (secondary N) is 1. The summed E-state index contributed by atoms with van der Waals surface area (Å²) in [6, 6.07) is 17.6. The van der Waals surface area contributed by atoms with Crippen LogP contribution < -0.4 is 5.32 Å². The molecular weight excluding hydrogens is 360 g/mol. The second-order valence-electron chi connectivity index (χ2n) is 7.67. The molecule has 0 bridgehead atoms. The van der Waals surface area contributed by atoms with Gasteiger partial charge in [0.15, 0.2) is 0 Å². The van der Waals surface area contributed by atoms with Gasteiger partial charge in [-0.15, -0.1) is 0 Å². The molecule has 2 aromatic rings. The highest BCUT2D eigenvalue weighted by Crippen LogP contribution is 2.18. The van der Waals surface area contributed by atoms with Crippen LogP contribution in [0.25, 0.3) is 0 Å². The Hall–Kier alpha value is -1.88. The first-order chi connectivity index (χ1) is 12.7. The fourth-order valence-corrected chi connectivity index (χ4v) is 3.35. The van der Waals surface area contributed by atoms with Crippen molar-refractivity contribution >= 4 is 17.5 Å². The molecule has 0 aliphatic heterocycles. The van der Waals surface area contributed by atoms with Crippen LogP contribution in [0.2, 0.25) is 5.02 Å². The minimum atomic E-state index is -0.975. The van der Waals surface area contributed by atoms with E-state index in [1.807, 2.05) is 73.6 Å². The molecule has 0 fully saturated rings. The first kappa shape index (κ1) is 21.4. The predicted molar refractivity (Wildman–Crippen MR) is 111 cm³/mol. The van der Waals surface area contributed by atoms with Crippen molar-refractivity contribution in [2.45, 2.75) is 25.4 Å². The summed E-state index contributed by atoms with van der Waals surface area (Å²) in [7, 11) is 3.80. The van der Waals surface area contributed by atoms with E-state index in [9.17, 15) is 9.90 Å². The Balaban J connectivity index is 2.08. The number of carbonyl (C=O) groups is 1. The standard InChI is InChI=1S/C22H29ClN2O2/c1-22(27,16-25(2)3)15-24-21(26)19(13-17-7-5-4-6-8-17)14-18-9-11-20(23)12-10-18/h4-12,19,27H,13-16H2,1-3H3,(H,24,26). The summed E-state index contributed by atoms with van der Waals surface area (Å²) >= 11 is 5.97. The Morgan fingerprint density at radius 2 is 1.63 bits per heavy atom. The largest absolute Gasteiger partial charge is 0.387 e. The van der Waals surface area contributed by atoms with Gasteiger partial charge >= 0.3 is 0 Å². The van der Waals surface area contributed by atoms with Crippen molar-refractivity contribution in [1.82, 2.24) is 10.2 Å². The molecule has 2 atom stereocenters. The number of nitrogens with zero attached hydrogens (tertiary/aromatic N) is 1. The van der Waals surface area contributed by atoms with Crippen LogP contribution in [-0.2, 0) is 17.6 Å². The maximum atomic E-state index is 12.9. The maximum absolute atomic E-state index is 12.9. The summed E-state index contributed by atoms with van der Waals surface area (Å²) < 4.78 is 0. The van der Waals surface area contributed by atoms with Gasteiger partial charge in [0.05, 0.1) is 5.60 Å². The summed E-state index contributed by atoms with van der Waals surface area (Å²) in [4.78, 5) is 14.8. The van der Waals surface area contributed by atoms with Crippen molar-refractivity contribution in [3.05, 3.63) is 70.7 Å². The van der Waals surface area contributed by atoms with E-state index < -0.39 is 5.60 Å². The third-order valence-corrected chi connectivity index (χ3v) is 4.64. The van der Waals surface area contributed by atoms with Gasteiger partial charge in [0.25, 0.3) is 0 Å². The van der Waals surface area contributed by atoms with Gasteiger partial charge in [-0.1, -0.05) is 54.1 Å². The molecule has 0 heterocycles. The smallest absolute Gasteiger partial charge is 0.223 e. The van der Waals surface area contributed by atoms with E-state index in [1.54, 1.807) is 6.92 Å². The van der Waals surface area contributed by atoms with Crippen molar-refractivity contribution in [1.29, 1.82) is 0 Å². The lowest BCUT2D eigenvalue weighted by atomic mass is 9.91. The minimum Gasteiger partial charge on any atom is -0.387 e. The minimum absolute atomic E-state index is 0.0483. The zero-order chi connectivity index (χ0) is 19.9. The Morgan fingerprint density at radius 1 is 1.07 bits per heavy atom. The Morgan fingerprint density at radius 3 is 2.19 bits per heavy atom. The number of halogens is 1. The summed E-state index contributed by atoms with van der Waals surface area (Å²) in [5.74, 6) is -0.267. The lowest BCUT2D eigenvalue weighted by molar-refractivity contribution is -0.126. The monoisotopic (exact) mass is 388 g/mol. The van der Waals surface area contributed by atoms with Crippen molar-refractivity contribution in [2.24, 2.45) is 5.92 Å². The molecule has 4 nitrogen and oxygen atoms in total. The van der Waals surface area contributed by atoms with Crippen LogP contribution in [0.5, 0.6) is 0 Å². The molecule has 0 saturated carbocycles. The number of hydrogen-bond donors (Lipinski definition) is 2. The van der Waals surface area contributed by atoms with Gasteiger partial charge < -0.3 is 15.3 Å². The molecule has 27 heavy (non-hydrogen) atoms. The van der Waals surface area contributed by atoms with Gasteiger partial charge in [-0.3, -0.25) is 4.79 Å². The Bertz CT molecular complexity index is 715. The first-order valence-electron chi connectivity index (χ1n) is 9.18. The molecule has 146 valence electrons. The summed E-state index contributed by atoms with van der Waals surface area (Å²) in [5.41, 5.74) is 1.21. The predicted octanol–water partition coefficient (Wildman–Crippen LogP) is 3.17. The van der Waals surface area contributed by atoms with Crippen LogP contribution in [-0.4, -0.2) is 48.7 Å². The first-order valence-corrected chi connectivity index (χ1v) is 9.56. The van der Waals surface area contributed by atoms with Gasteiger partial charge in [0, 0.05) is 24.0 Å². The van der Waals surface area contributed by atoms with Crippen LogP contribution in [0, 0.1) is 5.92 Å². The zero-order valence-corrected chi connectivity index (χ0v) is 17.0. The van der Waals surface area contributed by atoms with Gasteiger partial charge in [-0.2, -0.15) is 0 Å². The van der Waals surface area contributed by atoms with E-state index in [-0.39, 0.29) is 18.4 Å². The van der Waals surface area contributed by atoms with Gasteiger partial charge in [0.1, 0.15) is 0 Å². The molecule has 2 rings (SSSR count). The number of hydrogen-bond acceptors (Lipinski definition) is 3. The second kappa shape index (κ2) is 9.88. The lowest BCUT2D eigenvalue weighted by Crippen LogP contribution is -2.48. The summed E-state index contributed by atoms with van der Waals surface area (Å²) in [6.07, 6.45) is 1.26. The molecule has 2 N–H and O–H groups in total. The number of aliphatic hydroxyl groups is 1. The number of carbonyl (C=O) groups excluding carboxylic acids is 1. The zero-order valence-electron chi connectivity index (χ0n) is 16.3. The quantitative estimate of drug-likeness (QED) is 0.693. The topological polar surface area (TPSA) is 52.6 Å². The molecule has 0 spiro atoms. The average molecular weight is 389 g/mol. The van der Waals surface area contributed by atoms with Crippen LogP contribution in [0.4, 0.5) is 0 Å². The van der Waals surface area contributed by atoms with Crippen molar-refractivity contribution in [2.75, 3.05) is 27.2 Å². The summed E-state index contributed by atoms with van der Waals surface area (Å²) in [6.45, 7) is 2.43. The van der Waals surface area contributed by atoms with Crippen molar-refractivity contribution < 1.29 is 9.90 Å². The molecule has 0 radical (unpaired) electrons. The van der Waals surface area contributed by atoms with Crippen LogP contribution >= 0.6 is 11.6 Å². The Labute approximate surface area is 167 Å². The maximum Gasteiger partial charge on any atom is 0.223 e. The molecule has 0 aliphatic rings. The van der Waals surface area contributed by atoms with E-state index in [4.69, 9.17) is 11.6 Å². The van der Waals surface area contributed by atoms with Crippen LogP contribution in [0.3, 0.4) is 0 Å². The highest BCUT2D eigenvalue weighted by molar-refractivity contribution is 6.30. The highest BCUT2D eigenvalue weighted by Gasteiger charge is 2.25. The average Bonchev–Trinajstić information content (AvgIpc) is 2.61. The molecule has 2 unspecified atom stereocenters. The van der Waals surface area contributed by atoms with Crippen molar-refractivity contribution in [3.8, 4) is 0 Å². The number of rotatable bonds is 9. The number of benzene rings is 2. The lowest BCUT2D eigenvalue weighted by Gasteiger charge is -2.28. The van der Waals surface area contributed by atoms with E-state index >= 15 is 0 Å². The van der Waals surface area contributed by atoms with Gasteiger partial charge in [-0.25, -0.2) is 0 Å². The van der Waals surface area contributed by atoms with Crippen LogP contribution in [0.15, 0.2) is 54.6 Å². The normalized spacial score (nSPS) is 14.6. The number of likely N-dealkylation sites (N-methyl/N-ethyl adjacent to an activating group) is 1. The molecule has 5 heteroatoms. The third-order valence-electron chi connectivity index (χ3n) is 4.39. The summed E-state index contributed by atoms with van der Waals surface area (Å²) in [5, 5.41) is 14.1. The SMILES string of the molecule is CN(C)CC(C)(O)CNC(=O)C(Cc1ccccc1)Cc1ccc(Cl)cc1. The van der Waals surface area contributed by atoms with E-state index in [0.717, 1.165) is 11.1 Å². The van der Waals surface area contributed by atoms with Gasteiger partial charge in [-0.05, 0) is 57.1 Å². The van der Waals surface area contributed by atoms with Gasteiger partial charge in [0.2, 0.25) is 5.91 Å². The molecule has 1 amide bonds. The molecular formula is C22H29ClN2O2. The molecule has 0 aromatic heterocycles. The van der Waals surface area contributed by atoms with Crippen molar-refractivity contribution in [3.63, 3.8) is 0 Å². The highest BCUT2D eigenvalue weighted by atomic mass is 35.5. The van der Waals surface area contributed by atoms with E-state index in [1.165, 1.54) is 0 Å². The number of amides is 1.